The van der Waals surface area contributed by atoms with Gasteiger partial charge in [0.05, 0.1) is 14.2 Å². The van der Waals surface area contributed by atoms with E-state index in [1.807, 2.05) is 6.07 Å². The van der Waals surface area contributed by atoms with Crippen LogP contribution in [-0.4, -0.2) is 40.3 Å². The molecule has 9 heteroatoms. The van der Waals surface area contributed by atoms with E-state index in [0.717, 1.165) is 10.9 Å². The third-order valence-corrected chi connectivity index (χ3v) is 4.28. The number of carbonyl (C=O) groups is 1. The zero-order valence-corrected chi connectivity index (χ0v) is 15.2. The lowest BCUT2D eigenvalue weighted by Gasteiger charge is -2.09. The smallest absolute Gasteiger partial charge is 0.258 e. The molecular formula is C18H14ClN5O3. The average Bonchev–Trinajstić information content (AvgIpc) is 3.04. The van der Waals surface area contributed by atoms with Crippen LogP contribution >= 0.6 is 11.6 Å². The summed E-state index contributed by atoms with van der Waals surface area (Å²) in [6, 6.07) is 10.2. The van der Waals surface area contributed by atoms with Gasteiger partial charge in [-0.3, -0.25) is 10.1 Å². The third-order valence-electron chi connectivity index (χ3n) is 4.05. The summed E-state index contributed by atoms with van der Waals surface area (Å²) >= 11 is 6.03. The highest BCUT2D eigenvalue weighted by molar-refractivity contribution is 6.31. The van der Waals surface area contributed by atoms with Crippen molar-refractivity contribution in [3.05, 3.63) is 47.0 Å². The minimum absolute atomic E-state index is 0.0833. The van der Waals surface area contributed by atoms with Gasteiger partial charge < -0.3 is 14.5 Å². The van der Waals surface area contributed by atoms with E-state index < -0.39 is 5.91 Å². The number of benzene rings is 2. The van der Waals surface area contributed by atoms with Gasteiger partial charge in [0.25, 0.3) is 11.9 Å². The SMILES string of the molecule is COc1ccc(C(=O)Nc2nnc3c(n2)[nH]c2ccc(Cl)cc23)cc1OC. The molecule has 2 heterocycles. The first kappa shape index (κ1) is 17.0. The minimum Gasteiger partial charge on any atom is -0.493 e. The van der Waals surface area contributed by atoms with Crippen molar-refractivity contribution in [2.75, 3.05) is 19.5 Å². The van der Waals surface area contributed by atoms with Crippen LogP contribution in [0, 0.1) is 0 Å². The van der Waals surface area contributed by atoms with Gasteiger partial charge in [0.1, 0.15) is 5.52 Å². The van der Waals surface area contributed by atoms with Gasteiger partial charge in [0.2, 0.25) is 0 Å². The van der Waals surface area contributed by atoms with Crippen molar-refractivity contribution in [3.8, 4) is 11.5 Å². The molecule has 0 aliphatic carbocycles. The number of fused-ring (bicyclic) bond motifs is 3. The third kappa shape index (κ3) is 3.11. The summed E-state index contributed by atoms with van der Waals surface area (Å²) in [4.78, 5) is 19.9. The first-order chi connectivity index (χ1) is 13.1. The van der Waals surface area contributed by atoms with E-state index in [9.17, 15) is 4.79 Å². The lowest BCUT2D eigenvalue weighted by molar-refractivity contribution is 0.102. The number of rotatable bonds is 4. The molecule has 8 nitrogen and oxygen atoms in total. The Kier molecular flexibility index (Phi) is 4.25. The van der Waals surface area contributed by atoms with Gasteiger partial charge in [0.15, 0.2) is 17.1 Å². The number of amides is 1. The number of nitrogens with zero attached hydrogens (tertiary/aromatic N) is 3. The number of halogens is 1. The van der Waals surface area contributed by atoms with Gasteiger partial charge in [-0.1, -0.05) is 11.6 Å². The van der Waals surface area contributed by atoms with Gasteiger partial charge in [-0.25, -0.2) is 0 Å². The Morgan fingerprint density at radius 3 is 2.67 bits per heavy atom. The predicted octanol–water partition coefficient (Wildman–Crippen LogP) is 3.43. The predicted molar refractivity (Wildman–Crippen MR) is 102 cm³/mol. The fourth-order valence-corrected chi connectivity index (χ4v) is 2.92. The standard InChI is InChI=1S/C18H14ClN5O3/c1-26-13-6-3-9(7-14(13)27-2)17(25)22-18-21-16-15(23-24-18)11-8-10(19)4-5-12(11)20-16/h3-8H,1-2H3,(H2,20,21,22,24,25). The second-order valence-electron chi connectivity index (χ2n) is 5.67. The molecule has 136 valence electrons. The van der Waals surface area contributed by atoms with Crippen LogP contribution in [0.1, 0.15) is 10.4 Å². The Morgan fingerprint density at radius 2 is 1.89 bits per heavy atom. The second-order valence-corrected chi connectivity index (χ2v) is 6.11. The zero-order chi connectivity index (χ0) is 19.0. The molecule has 0 saturated carbocycles. The Hall–Kier alpha value is -3.39. The van der Waals surface area contributed by atoms with Crippen molar-refractivity contribution < 1.29 is 14.3 Å². The molecule has 2 N–H and O–H groups in total. The Labute approximate surface area is 158 Å². The van der Waals surface area contributed by atoms with Crippen molar-refractivity contribution in [2.24, 2.45) is 0 Å². The average molecular weight is 384 g/mol. The van der Waals surface area contributed by atoms with Crippen molar-refractivity contribution in [2.45, 2.75) is 0 Å². The molecule has 4 rings (SSSR count). The number of nitrogens with one attached hydrogen (secondary N) is 2. The maximum Gasteiger partial charge on any atom is 0.258 e. The van der Waals surface area contributed by atoms with E-state index in [0.29, 0.717) is 33.2 Å². The Balaban J connectivity index is 1.65. The van der Waals surface area contributed by atoms with Gasteiger partial charge in [0, 0.05) is 21.5 Å². The number of H-pyrrole nitrogens is 1. The molecule has 0 fully saturated rings. The molecule has 4 aromatic rings. The van der Waals surface area contributed by atoms with E-state index in [2.05, 4.69) is 25.5 Å². The lowest BCUT2D eigenvalue weighted by Crippen LogP contribution is -2.15. The highest BCUT2D eigenvalue weighted by atomic mass is 35.5. The Morgan fingerprint density at radius 1 is 1.07 bits per heavy atom. The van der Waals surface area contributed by atoms with E-state index in [1.54, 1.807) is 30.3 Å². The fourth-order valence-electron chi connectivity index (χ4n) is 2.75. The highest BCUT2D eigenvalue weighted by Gasteiger charge is 2.14. The van der Waals surface area contributed by atoms with Crippen LogP contribution in [0.2, 0.25) is 5.02 Å². The summed E-state index contributed by atoms with van der Waals surface area (Å²) in [6.45, 7) is 0. The number of hydrogen-bond donors (Lipinski definition) is 2. The maximum absolute atomic E-state index is 12.5. The van der Waals surface area contributed by atoms with Crippen LogP contribution in [0.25, 0.3) is 22.1 Å². The topological polar surface area (TPSA) is 102 Å². The second kappa shape index (κ2) is 6.73. The van der Waals surface area contributed by atoms with Gasteiger partial charge in [-0.15, -0.1) is 10.2 Å². The summed E-state index contributed by atoms with van der Waals surface area (Å²) in [6.07, 6.45) is 0. The molecular weight excluding hydrogens is 370 g/mol. The number of ether oxygens (including phenoxy) is 2. The molecule has 0 aliphatic rings. The summed E-state index contributed by atoms with van der Waals surface area (Å²) in [5.74, 6) is 0.675. The van der Waals surface area contributed by atoms with Crippen LogP contribution in [0.5, 0.6) is 11.5 Å². The number of carbonyl (C=O) groups excluding carboxylic acids is 1. The summed E-state index contributed by atoms with van der Waals surface area (Å²) < 4.78 is 10.4. The van der Waals surface area contributed by atoms with Crippen LogP contribution in [0.15, 0.2) is 36.4 Å². The number of methoxy groups -OCH3 is 2. The monoisotopic (exact) mass is 383 g/mol. The van der Waals surface area contributed by atoms with Crippen LogP contribution < -0.4 is 14.8 Å². The summed E-state index contributed by atoms with van der Waals surface area (Å²) in [7, 11) is 3.03. The molecule has 0 bridgehead atoms. The van der Waals surface area contributed by atoms with Crippen molar-refractivity contribution in [1.82, 2.24) is 20.2 Å². The number of aromatic amines is 1. The van der Waals surface area contributed by atoms with Gasteiger partial charge >= 0.3 is 0 Å². The highest BCUT2D eigenvalue weighted by Crippen LogP contribution is 2.28. The molecule has 0 aliphatic heterocycles. The molecule has 2 aromatic carbocycles. The van der Waals surface area contributed by atoms with Crippen LogP contribution in [-0.2, 0) is 0 Å². The van der Waals surface area contributed by atoms with E-state index in [-0.39, 0.29) is 5.95 Å². The first-order valence-corrected chi connectivity index (χ1v) is 8.32. The zero-order valence-electron chi connectivity index (χ0n) is 14.4. The lowest BCUT2D eigenvalue weighted by atomic mass is 10.2. The van der Waals surface area contributed by atoms with E-state index >= 15 is 0 Å². The summed E-state index contributed by atoms with van der Waals surface area (Å²) in [5.41, 5.74) is 2.29. The quantitative estimate of drug-likeness (QED) is 0.559. The van der Waals surface area contributed by atoms with Crippen LogP contribution in [0.3, 0.4) is 0 Å². The van der Waals surface area contributed by atoms with Crippen LogP contribution in [0.4, 0.5) is 5.95 Å². The van der Waals surface area contributed by atoms with Crippen molar-refractivity contribution >= 4 is 45.5 Å². The summed E-state index contributed by atoms with van der Waals surface area (Å²) in [5, 5.41) is 12.2. The van der Waals surface area contributed by atoms with Gasteiger partial charge in [-0.2, -0.15) is 4.98 Å². The van der Waals surface area contributed by atoms with E-state index in [4.69, 9.17) is 21.1 Å². The molecule has 0 saturated heterocycles. The molecule has 0 radical (unpaired) electrons. The van der Waals surface area contributed by atoms with E-state index in [1.165, 1.54) is 14.2 Å². The molecule has 27 heavy (non-hydrogen) atoms. The molecule has 0 atom stereocenters. The van der Waals surface area contributed by atoms with Gasteiger partial charge in [-0.05, 0) is 36.4 Å². The number of anilines is 1. The van der Waals surface area contributed by atoms with Crippen molar-refractivity contribution in [1.29, 1.82) is 0 Å². The molecule has 1 amide bonds. The Bertz CT molecular complexity index is 1170. The minimum atomic E-state index is -0.392. The van der Waals surface area contributed by atoms with Crippen molar-refractivity contribution in [3.63, 3.8) is 0 Å². The maximum atomic E-state index is 12.5. The molecule has 2 aromatic heterocycles. The molecule has 0 spiro atoms. The fraction of sp³-hybridized carbons (Fsp3) is 0.111. The first-order valence-electron chi connectivity index (χ1n) is 7.94. The number of hydrogen-bond acceptors (Lipinski definition) is 6. The largest absolute Gasteiger partial charge is 0.493 e. The normalized spacial score (nSPS) is 10.9. The number of aromatic nitrogens is 4. The molecule has 0 unspecified atom stereocenters.